The smallest absolute Gasteiger partial charge is 0.405 e. The Morgan fingerprint density at radius 2 is 1.65 bits per heavy atom. The van der Waals surface area contributed by atoms with Gasteiger partial charge in [-0.2, -0.15) is 4.98 Å². The van der Waals surface area contributed by atoms with Gasteiger partial charge < -0.3 is 30.9 Å². The molecule has 0 aliphatic heterocycles. The number of aliphatic hydroxyl groups excluding tert-OH is 1. The molecule has 0 spiro atoms. The summed E-state index contributed by atoms with van der Waals surface area (Å²) in [7, 11) is 0. The van der Waals surface area contributed by atoms with E-state index >= 15 is 0 Å². The van der Waals surface area contributed by atoms with Crippen LogP contribution in [0.1, 0.15) is 70.3 Å². The highest BCUT2D eigenvalue weighted by atomic mass is 19.4. The molecule has 2 aliphatic carbocycles. The molecule has 43 heavy (non-hydrogen) atoms. The Bertz CT molecular complexity index is 1150. The van der Waals surface area contributed by atoms with Crippen molar-refractivity contribution in [3.8, 4) is 5.75 Å². The van der Waals surface area contributed by atoms with Crippen molar-refractivity contribution in [3.05, 3.63) is 41.8 Å². The number of aliphatic hydroxyl groups is 2. The first-order chi connectivity index (χ1) is 20.6. The summed E-state index contributed by atoms with van der Waals surface area (Å²) in [5.41, 5.74) is -0.647. The predicted molar refractivity (Wildman–Crippen MR) is 157 cm³/mol. The van der Waals surface area contributed by atoms with Gasteiger partial charge in [0.25, 0.3) is 0 Å². The van der Waals surface area contributed by atoms with Crippen LogP contribution >= 0.6 is 0 Å². The summed E-state index contributed by atoms with van der Waals surface area (Å²) in [4.78, 5) is 8.20. The van der Waals surface area contributed by atoms with E-state index in [0.717, 1.165) is 57.8 Å². The molecule has 0 radical (unpaired) electrons. The minimum Gasteiger partial charge on any atom is -0.405 e. The molecule has 1 heterocycles. The summed E-state index contributed by atoms with van der Waals surface area (Å²) in [6.45, 7) is 4.39. The fraction of sp³-hybridized carbons (Fsp3) is 0.677. The van der Waals surface area contributed by atoms with Crippen LogP contribution in [0, 0.1) is 29.5 Å². The second-order valence-corrected chi connectivity index (χ2v) is 12.4. The normalized spacial score (nSPS) is 26.2. The summed E-state index contributed by atoms with van der Waals surface area (Å²) < 4.78 is 57.0. The maximum atomic E-state index is 14.6. The number of hydrogen-bond donors (Lipinski definition) is 5. The standard InChI is InChI=1S/C31H45F4N5O3/c1-2-5-22-12-23(16-36-15-21-8-10-30(42,20-41)11-9-21)14-24(13-22)17-37-28-26(32)19-39-29(40-28)38-18-25-6-3-4-7-27(25)43-31(33,34)35/h3-4,6-7,19,21-24,36,41-42H,2,5,8-18,20H2,1H3,(H2,37,38,39,40)/t21?,22?,23-,24-,30?/m1/s1. The van der Waals surface area contributed by atoms with Gasteiger partial charge in [0.15, 0.2) is 11.6 Å². The summed E-state index contributed by atoms with van der Waals surface area (Å²) in [6.07, 6.45) is 4.87. The maximum Gasteiger partial charge on any atom is 0.573 e. The van der Waals surface area contributed by atoms with Crippen molar-refractivity contribution in [1.82, 2.24) is 15.3 Å². The number of nitrogens with zero attached hydrogens (tertiary/aromatic N) is 2. The second-order valence-electron chi connectivity index (χ2n) is 12.4. The van der Waals surface area contributed by atoms with Crippen LogP contribution in [0.3, 0.4) is 0 Å². The summed E-state index contributed by atoms with van der Waals surface area (Å²) >= 11 is 0. The van der Waals surface area contributed by atoms with Gasteiger partial charge in [-0.25, -0.2) is 9.37 Å². The zero-order valence-corrected chi connectivity index (χ0v) is 24.8. The Labute approximate surface area is 251 Å². The molecule has 2 fully saturated rings. The van der Waals surface area contributed by atoms with E-state index in [0.29, 0.717) is 43.1 Å². The molecule has 2 aliphatic rings. The number of benzene rings is 1. The van der Waals surface area contributed by atoms with E-state index in [9.17, 15) is 27.8 Å². The predicted octanol–water partition coefficient (Wildman–Crippen LogP) is 5.87. The molecule has 1 aromatic heterocycles. The van der Waals surface area contributed by atoms with Gasteiger partial charge in [0.2, 0.25) is 5.95 Å². The first kappa shape index (κ1) is 33.2. The van der Waals surface area contributed by atoms with Crippen LogP contribution in [0.15, 0.2) is 30.5 Å². The SMILES string of the molecule is CCCC1C[C@@H](CNCC2CCC(O)(CO)CC2)C[C@H](CNc2nc(NCc3ccccc3OC(F)(F)F)ncc2F)C1. The van der Waals surface area contributed by atoms with Crippen molar-refractivity contribution < 1.29 is 32.5 Å². The number of rotatable bonds is 14. The van der Waals surface area contributed by atoms with Crippen LogP contribution in [0.4, 0.5) is 29.3 Å². The molecule has 8 nitrogen and oxygen atoms in total. The summed E-state index contributed by atoms with van der Waals surface area (Å²) in [5, 5.41) is 29.4. The van der Waals surface area contributed by atoms with Gasteiger partial charge in [-0.05, 0) is 87.8 Å². The minimum atomic E-state index is -4.81. The van der Waals surface area contributed by atoms with Gasteiger partial charge in [-0.3, -0.25) is 0 Å². The number of nitrogens with one attached hydrogen (secondary N) is 3. The number of alkyl halides is 3. The Balaban J connectivity index is 1.28. The highest BCUT2D eigenvalue weighted by Crippen LogP contribution is 2.36. The Morgan fingerprint density at radius 1 is 0.977 bits per heavy atom. The number of hydrogen-bond acceptors (Lipinski definition) is 8. The Hall–Kier alpha value is -2.70. The fourth-order valence-corrected chi connectivity index (χ4v) is 6.61. The molecular weight excluding hydrogens is 566 g/mol. The third kappa shape index (κ3) is 10.5. The number of para-hydroxylation sites is 1. The first-order valence-corrected chi connectivity index (χ1v) is 15.4. The highest BCUT2D eigenvalue weighted by Gasteiger charge is 2.33. The molecule has 12 heteroatoms. The average molecular weight is 612 g/mol. The average Bonchev–Trinajstić information content (AvgIpc) is 2.97. The number of ether oxygens (including phenoxy) is 1. The molecule has 1 aromatic carbocycles. The second kappa shape index (κ2) is 15.3. The molecule has 2 aromatic rings. The zero-order chi connectivity index (χ0) is 30.9. The molecule has 240 valence electrons. The van der Waals surface area contributed by atoms with Gasteiger partial charge in [0.1, 0.15) is 5.75 Å². The van der Waals surface area contributed by atoms with E-state index in [4.69, 9.17) is 0 Å². The van der Waals surface area contributed by atoms with E-state index in [1.165, 1.54) is 24.6 Å². The quantitative estimate of drug-likeness (QED) is 0.169. The van der Waals surface area contributed by atoms with Crippen LogP contribution < -0.4 is 20.7 Å². The van der Waals surface area contributed by atoms with E-state index in [1.807, 2.05) is 0 Å². The van der Waals surface area contributed by atoms with Gasteiger partial charge in [0.05, 0.1) is 18.4 Å². The van der Waals surface area contributed by atoms with Crippen LogP contribution in [0.25, 0.3) is 0 Å². The third-order valence-electron chi connectivity index (χ3n) is 8.83. The van der Waals surface area contributed by atoms with Gasteiger partial charge in [0, 0.05) is 18.7 Å². The van der Waals surface area contributed by atoms with Crippen molar-refractivity contribution in [2.75, 3.05) is 36.9 Å². The van der Waals surface area contributed by atoms with E-state index in [1.54, 1.807) is 6.07 Å². The lowest BCUT2D eigenvalue weighted by Gasteiger charge is -2.37. The molecule has 4 rings (SSSR count). The lowest BCUT2D eigenvalue weighted by Crippen LogP contribution is -2.40. The van der Waals surface area contributed by atoms with Crippen molar-refractivity contribution in [2.45, 2.75) is 83.2 Å². The molecular formula is C31H45F4N5O3. The van der Waals surface area contributed by atoms with Gasteiger partial charge >= 0.3 is 6.36 Å². The molecule has 0 bridgehead atoms. The lowest BCUT2D eigenvalue weighted by molar-refractivity contribution is -0.274. The molecule has 0 saturated heterocycles. The van der Waals surface area contributed by atoms with E-state index in [-0.39, 0.29) is 36.2 Å². The summed E-state index contributed by atoms with van der Waals surface area (Å²) in [5.74, 6) is 1.23. The van der Waals surface area contributed by atoms with Crippen molar-refractivity contribution >= 4 is 11.8 Å². The molecule has 0 amide bonds. The van der Waals surface area contributed by atoms with Gasteiger partial charge in [-0.1, -0.05) is 38.0 Å². The van der Waals surface area contributed by atoms with Gasteiger partial charge in [-0.15, -0.1) is 13.2 Å². The number of halogens is 4. The minimum absolute atomic E-state index is 0.0313. The summed E-state index contributed by atoms with van der Waals surface area (Å²) in [6, 6.07) is 5.79. The Kier molecular flexibility index (Phi) is 11.8. The molecule has 5 N–H and O–H groups in total. The van der Waals surface area contributed by atoms with Crippen LogP contribution in [-0.4, -0.2) is 58.4 Å². The topological polar surface area (TPSA) is 112 Å². The van der Waals surface area contributed by atoms with Crippen LogP contribution in [0.2, 0.25) is 0 Å². The van der Waals surface area contributed by atoms with Crippen LogP contribution in [-0.2, 0) is 6.54 Å². The largest absolute Gasteiger partial charge is 0.573 e. The van der Waals surface area contributed by atoms with Crippen molar-refractivity contribution in [2.24, 2.45) is 23.7 Å². The van der Waals surface area contributed by atoms with E-state index < -0.39 is 17.8 Å². The van der Waals surface area contributed by atoms with Crippen molar-refractivity contribution in [1.29, 1.82) is 0 Å². The first-order valence-electron chi connectivity index (χ1n) is 15.4. The molecule has 2 saturated carbocycles. The molecule has 1 unspecified atom stereocenters. The third-order valence-corrected chi connectivity index (χ3v) is 8.83. The monoisotopic (exact) mass is 611 g/mol. The maximum absolute atomic E-state index is 14.6. The van der Waals surface area contributed by atoms with Crippen molar-refractivity contribution in [3.63, 3.8) is 0 Å². The number of anilines is 2. The van der Waals surface area contributed by atoms with Crippen LogP contribution in [0.5, 0.6) is 5.75 Å². The Morgan fingerprint density at radius 3 is 2.35 bits per heavy atom. The zero-order valence-electron chi connectivity index (χ0n) is 24.8. The fourth-order valence-electron chi connectivity index (χ4n) is 6.61. The molecule has 3 atom stereocenters. The lowest BCUT2D eigenvalue weighted by atomic mass is 9.73. The van der Waals surface area contributed by atoms with E-state index in [2.05, 4.69) is 37.6 Å². The number of aromatic nitrogens is 2. The highest BCUT2D eigenvalue weighted by molar-refractivity contribution is 5.43.